The second-order valence-electron chi connectivity index (χ2n) is 2.18. The van der Waals surface area contributed by atoms with Gasteiger partial charge in [0.05, 0.1) is 22.9 Å². The van der Waals surface area contributed by atoms with Crippen molar-refractivity contribution in [3.63, 3.8) is 0 Å². The summed E-state index contributed by atoms with van der Waals surface area (Å²) in [5.41, 5.74) is 0. The first-order chi connectivity index (χ1) is 5.16. The number of halogens is 1. The third kappa shape index (κ3) is 1.51. The van der Waals surface area contributed by atoms with E-state index < -0.39 is 6.04 Å². The predicted octanol–water partition coefficient (Wildman–Crippen LogP) is -0.137. The summed E-state index contributed by atoms with van der Waals surface area (Å²) in [6.07, 6.45) is 0. The monoisotopic (exact) mass is 222 g/mol. The number of hydrogen-bond donors (Lipinski definition) is 1. The molecule has 0 aromatic carbocycles. The number of hydrogen-bond acceptors (Lipinski definition) is 3. The van der Waals surface area contributed by atoms with E-state index in [4.69, 9.17) is 0 Å². The first-order valence-electron chi connectivity index (χ1n) is 2.98. The minimum Gasteiger partial charge on any atom is -0.323 e. The minimum atomic E-state index is -0.549. The number of amides is 3. The van der Waals surface area contributed by atoms with Crippen LogP contribution in [-0.4, -0.2) is 36.5 Å². The Morgan fingerprint density at radius 3 is 2.73 bits per heavy atom. The van der Waals surface area contributed by atoms with Gasteiger partial charge in [0, 0.05) is 7.05 Å². The van der Waals surface area contributed by atoms with Crippen molar-refractivity contribution in [3.05, 3.63) is 0 Å². The van der Waals surface area contributed by atoms with Crippen molar-refractivity contribution in [2.24, 2.45) is 0 Å². The van der Waals surface area contributed by atoms with E-state index in [1.807, 2.05) is 0 Å². The number of carbonyl (C=O) groups excluding carboxylic acids is 2. The Balaban J connectivity index is 2.60. The van der Waals surface area contributed by atoms with Crippen LogP contribution in [0.15, 0.2) is 0 Å². The number of nitrogens with one attached hydrogen (secondary N) is 1. The van der Waals surface area contributed by atoms with Crippen LogP contribution in [0.2, 0.25) is 0 Å². The van der Waals surface area contributed by atoms with Crippen molar-refractivity contribution in [2.45, 2.75) is 6.04 Å². The van der Waals surface area contributed by atoms with Gasteiger partial charge in [-0.05, 0) is 0 Å². The molecule has 1 fully saturated rings. The molecule has 1 N–H and O–H groups in total. The van der Waals surface area contributed by atoms with Gasteiger partial charge in [-0.1, -0.05) is 0 Å². The normalized spacial score (nSPS) is 24.2. The van der Waals surface area contributed by atoms with Crippen LogP contribution in [0.25, 0.3) is 0 Å². The summed E-state index contributed by atoms with van der Waals surface area (Å²) in [5.74, 6) is -0.269. The number of likely N-dealkylation sites (N-methyl/N-ethyl adjacent to an activating group) is 1. The molecule has 6 heteroatoms. The zero-order valence-electron chi connectivity index (χ0n) is 5.83. The topological polar surface area (TPSA) is 58.6 Å². The predicted molar refractivity (Wildman–Crippen MR) is 40.0 cm³/mol. The summed E-state index contributed by atoms with van der Waals surface area (Å²) in [6.45, 7) is 0.148. The molecule has 0 bridgehead atoms. The lowest BCUT2D eigenvalue weighted by Gasteiger charge is -2.03. The van der Waals surface area contributed by atoms with Gasteiger partial charge in [-0.25, -0.2) is 4.79 Å². The van der Waals surface area contributed by atoms with Crippen LogP contribution >= 0.6 is 16.3 Å². The minimum absolute atomic E-state index is 0.148. The van der Waals surface area contributed by atoms with Gasteiger partial charge in [0.25, 0.3) is 5.91 Å². The molecule has 1 unspecified atom stereocenters. The lowest BCUT2D eigenvalue weighted by atomic mass is 10.3. The van der Waals surface area contributed by atoms with E-state index in [1.54, 1.807) is 0 Å². The van der Waals surface area contributed by atoms with Gasteiger partial charge < -0.3 is 9.15 Å². The fraction of sp³-hybridized carbons (Fsp3) is 0.600. The van der Waals surface area contributed by atoms with E-state index in [0.29, 0.717) is 0 Å². The first kappa shape index (κ1) is 8.48. The molecule has 0 aromatic heterocycles. The second kappa shape index (κ2) is 3.19. The van der Waals surface area contributed by atoms with Gasteiger partial charge in [0.1, 0.15) is 6.04 Å². The number of carbonyl (C=O) groups is 2. The van der Waals surface area contributed by atoms with Gasteiger partial charge in [0.2, 0.25) is 0 Å². The molecule has 0 aliphatic carbocycles. The van der Waals surface area contributed by atoms with Gasteiger partial charge in [-0.3, -0.25) is 9.69 Å². The summed E-state index contributed by atoms with van der Waals surface area (Å²) in [4.78, 5) is 22.9. The second-order valence-corrected chi connectivity index (χ2v) is 2.63. The van der Waals surface area contributed by atoms with Crippen LogP contribution in [-0.2, 0) is 8.62 Å². The van der Waals surface area contributed by atoms with E-state index in [1.165, 1.54) is 7.05 Å². The fourth-order valence-electron chi connectivity index (χ4n) is 0.817. The molecule has 1 atom stereocenters. The lowest BCUT2D eigenvalue weighted by molar-refractivity contribution is -0.126. The maximum atomic E-state index is 11.0. The molecule has 62 valence electrons. The van der Waals surface area contributed by atoms with Crippen molar-refractivity contribution >= 4 is 28.2 Å². The molecule has 1 rings (SSSR count). The number of imide groups is 1. The van der Waals surface area contributed by atoms with Gasteiger partial charge in [-0.2, -0.15) is 0 Å². The average Bonchev–Trinajstić information content (AvgIpc) is 2.19. The van der Waals surface area contributed by atoms with E-state index in [2.05, 4.69) is 25.4 Å². The summed E-state index contributed by atoms with van der Waals surface area (Å²) in [7, 11) is 1.42. The summed E-state index contributed by atoms with van der Waals surface area (Å²) in [6, 6.07) is -0.934. The molecular weight excluding hydrogens is 216 g/mol. The number of nitrogens with zero attached hydrogens (tertiary/aromatic N) is 1. The summed E-state index contributed by atoms with van der Waals surface area (Å²) in [5, 5.41) is 2.44. The molecule has 11 heavy (non-hydrogen) atoms. The maximum Gasteiger partial charge on any atom is 0.324 e. The molecule has 1 heterocycles. The van der Waals surface area contributed by atoms with Crippen LogP contribution in [0, 0.1) is 0 Å². The molecule has 0 radical (unpaired) electrons. The third-order valence-corrected chi connectivity index (χ3v) is 1.73. The third-order valence-electron chi connectivity index (χ3n) is 1.46. The van der Waals surface area contributed by atoms with Crippen LogP contribution in [0.3, 0.4) is 0 Å². The van der Waals surface area contributed by atoms with E-state index in [9.17, 15) is 9.59 Å². The molecule has 1 aliphatic rings. The quantitative estimate of drug-likeness (QED) is 0.663. The molecule has 0 aromatic rings. The molecule has 0 spiro atoms. The highest BCUT2D eigenvalue weighted by Crippen LogP contribution is 2.04. The SMILES string of the molecule is CN1C(=O)NC(COBr)C1=O. The molecule has 1 saturated heterocycles. The van der Waals surface area contributed by atoms with Crippen molar-refractivity contribution < 1.29 is 13.4 Å². The lowest BCUT2D eigenvalue weighted by Crippen LogP contribution is -2.32. The van der Waals surface area contributed by atoms with Crippen molar-refractivity contribution in [1.29, 1.82) is 0 Å². The van der Waals surface area contributed by atoms with E-state index in [-0.39, 0.29) is 18.5 Å². The Kier molecular flexibility index (Phi) is 2.45. The average molecular weight is 223 g/mol. The van der Waals surface area contributed by atoms with Gasteiger partial charge in [0.15, 0.2) is 0 Å². The highest BCUT2D eigenvalue weighted by Gasteiger charge is 2.35. The molecule has 5 nitrogen and oxygen atoms in total. The Bertz CT molecular complexity index is 196. The number of rotatable bonds is 2. The zero-order chi connectivity index (χ0) is 8.43. The standard InChI is InChI=1S/C5H7BrN2O3/c1-8-4(9)3(2-11-6)7-5(8)10/h3H,2H2,1H3,(H,7,10). The van der Waals surface area contributed by atoms with Crippen molar-refractivity contribution in [3.8, 4) is 0 Å². The Hall–Kier alpha value is -0.620. The first-order valence-corrected chi connectivity index (χ1v) is 3.63. The summed E-state index contributed by atoms with van der Waals surface area (Å²) < 4.78 is 4.54. The highest BCUT2D eigenvalue weighted by atomic mass is 79.9. The van der Waals surface area contributed by atoms with Crippen molar-refractivity contribution in [2.75, 3.05) is 13.7 Å². The maximum absolute atomic E-state index is 11.0. The Labute approximate surface area is 72.1 Å². The van der Waals surface area contributed by atoms with E-state index in [0.717, 1.165) is 4.90 Å². The largest absolute Gasteiger partial charge is 0.324 e. The Morgan fingerprint density at radius 1 is 1.73 bits per heavy atom. The molecular formula is C5H7BrN2O3. The van der Waals surface area contributed by atoms with Crippen LogP contribution < -0.4 is 5.32 Å². The van der Waals surface area contributed by atoms with Gasteiger partial charge >= 0.3 is 6.03 Å². The van der Waals surface area contributed by atoms with Crippen molar-refractivity contribution in [1.82, 2.24) is 10.2 Å². The van der Waals surface area contributed by atoms with Crippen LogP contribution in [0.5, 0.6) is 0 Å². The molecule has 0 saturated carbocycles. The zero-order valence-corrected chi connectivity index (χ0v) is 7.42. The fourth-order valence-corrected chi connectivity index (χ4v) is 1.08. The van der Waals surface area contributed by atoms with E-state index >= 15 is 0 Å². The van der Waals surface area contributed by atoms with Crippen LogP contribution in [0.4, 0.5) is 4.79 Å². The summed E-state index contributed by atoms with van der Waals surface area (Å²) >= 11 is 2.70. The molecule has 3 amide bonds. The van der Waals surface area contributed by atoms with Gasteiger partial charge in [-0.15, -0.1) is 0 Å². The Morgan fingerprint density at radius 2 is 2.36 bits per heavy atom. The smallest absolute Gasteiger partial charge is 0.323 e. The van der Waals surface area contributed by atoms with Crippen LogP contribution in [0.1, 0.15) is 0 Å². The highest BCUT2D eigenvalue weighted by molar-refractivity contribution is 9.06. The number of urea groups is 1. The molecule has 1 aliphatic heterocycles.